The number of nitrogens with one attached hydrogen (secondary N) is 2. The second kappa shape index (κ2) is 6.55. The highest BCUT2D eigenvalue weighted by molar-refractivity contribution is 5.97. The summed E-state index contributed by atoms with van der Waals surface area (Å²) in [6, 6.07) is 16.8. The molecule has 136 valence electrons. The Hall–Kier alpha value is -3.12. The summed E-state index contributed by atoms with van der Waals surface area (Å²) in [5.41, 5.74) is 5.30. The van der Waals surface area contributed by atoms with E-state index in [1.807, 2.05) is 35.1 Å². The lowest BCUT2D eigenvalue weighted by Crippen LogP contribution is -2.51. The van der Waals surface area contributed by atoms with E-state index in [1.54, 1.807) is 6.20 Å². The molecule has 2 aliphatic heterocycles. The molecule has 6 nitrogen and oxygen atoms in total. The number of carbonyl (C=O) groups is 1. The van der Waals surface area contributed by atoms with E-state index in [0.717, 1.165) is 47.8 Å². The number of piperazine rings is 1. The molecule has 1 aromatic heterocycles. The van der Waals surface area contributed by atoms with Crippen LogP contribution in [0.25, 0.3) is 16.8 Å². The third kappa shape index (κ3) is 2.98. The van der Waals surface area contributed by atoms with Crippen molar-refractivity contribution < 1.29 is 4.79 Å². The minimum atomic E-state index is 0.0841. The Morgan fingerprint density at radius 1 is 1.07 bits per heavy atom. The highest BCUT2D eigenvalue weighted by atomic mass is 16.1. The van der Waals surface area contributed by atoms with E-state index in [4.69, 9.17) is 0 Å². The van der Waals surface area contributed by atoms with Crippen molar-refractivity contribution >= 4 is 17.3 Å². The summed E-state index contributed by atoms with van der Waals surface area (Å²) in [6.45, 7) is 2.68. The van der Waals surface area contributed by atoms with Gasteiger partial charge in [-0.3, -0.25) is 4.79 Å². The number of rotatable bonds is 2. The third-order valence-corrected chi connectivity index (χ3v) is 5.30. The molecule has 3 aromatic rings. The average molecular weight is 359 g/mol. The van der Waals surface area contributed by atoms with Gasteiger partial charge in [-0.2, -0.15) is 5.10 Å². The van der Waals surface area contributed by atoms with Crippen molar-refractivity contribution in [1.82, 2.24) is 15.1 Å². The van der Waals surface area contributed by atoms with Gasteiger partial charge in [-0.05, 0) is 41.5 Å². The third-order valence-electron chi connectivity index (χ3n) is 5.30. The van der Waals surface area contributed by atoms with Gasteiger partial charge in [0.25, 0.3) is 0 Å². The molecule has 0 saturated carbocycles. The number of aromatic nitrogens is 2. The van der Waals surface area contributed by atoms with Crippen LogP contribution in [0, 0.1) is 0 Å². The average Bonchev–Trinajstić information content (AvgIpc) is 3.19. The van der Waals surface area contributed by atoms with Crippen molar-refractivity contribution in [3.8, 4) is 16.8 Å². The van der Waals surface area contributed by atoms with Gasteiger partial charge < -0.3 is 15.5 Å². The SMILES string of the molecule is O=C1CC2CNCCN2c2cc(-c3cccc(-n4cccn4)c3)ccc2N1. The molecule has 0 spiro atoms. The van der Waals surface area contributed by atoms with Gasteiger partial charge in [-0.25, -0.2) is 4.68 Å². The molecule has 1 fully saturated rings. The number of carbonyl (C=O) groups excluding carboxylic acids is 1. The number of nitrogens with zero attached hydrogens (tertiary/aromatic N) is 3. The molecule has 1 amide bonds. The monoisotopic (exact) mass is 359 g/mol. The van der Waals surface area contributed by atoms with E-state index < -0.39 is 0 Å². The molecule has 2 aromatic carbocycles. The van der Waals surface area contributed by atoms with Gasteiger partial charge in [-0.15, -0.1) is 0 Å². The first-order chi connectivity index (χ1) is 13.3. The van der Waals surface area contributed by atoms with Crippen LogP contribution in [0.15, 0.2) is 60.9 Å². The van der Waals surface area contributed by atoms with E-state index in [-0.39, 0.29) is 11.9 Å². The summed E-state index contributed by atoms with van der Waals surface area (Å²) in [7, 11) is 0. The molecule has 0 radical (unpaired) electrons. The fourth-order valence-corrected chi connectivity index (χ4v) is 3.98. The smallest absolute Gasteiger partial charge is 0.226 e. The normalized spacial score (nSPS) is 19.0. The van der Waals surface area contributed by atoms with Gasteiger partial charge in [0.1, 0.15) is 0 Å². The van der Waals surface area contributed by atoms with Crippen LogP contribution in [0.3, 0.4) is 0 Å². The molecule has 1 atom stereocenters. The van der Waals surface area contributed by atoms with Crippen molar-refractivity contribution in [2.75, 3.05) is 29.9 Å². The number of hydrogen-bond donors (Lipinski definition) is 2. The van der Waals surface area contributed by atoms with Crippen LogP contribution in [-0.4, -0.2) is 41.4 Å². The topological polar surface area (TPSA) is 62.2 Å². The van der Waals surface area contributed by atoms with Crippen molar-refractivity contribution in [2.45, 2.75) is 12.5 Å². The summed E-state index contributed by atoms with van der Waals surface area (Å²) in [5, 5.41) is 10.8. The first-order valence-electron chi connectivity index (χ1n) is 9.30. The zero-order valence-electron chi connectivity index (χ0n) is 14.9. The largest absolute Gasteiger partial charge is 0.364 e. The van der Waals surface area contributed by atoms with Gasteiger partial charge in [0.2, 0.25) is 5.91 Å². The molecule has 6 heteroatoms. The molecule has 1 unspecified atom stereocenters. The zero-order chi connectivity index (χ0) is 18.2. The van der Waals surface area contributed by atoms with Crippen LogP contribution in [0.5, 0.6) is 0 Å². The van der Waals surface area contributed by atoms with E-state index >= 15 is 0 Å². The van der Waals surface area contributed by atoms with Crippen LogP contribution in [0.1, 0.15) is 6.42 Å². The second-order valence-corrected chi connectivity index (χ2v) is 7.04. The Balaban J connectivity index is 1.57. The summed E-state index contributed by atoms with van der Waals surface area (Å²) >= 11 is 0. The molecular formula is C21H21N5O. The number of hydrogen-bond acceptors (Lipinski definition) is 4. The molecular weight excluding hydrogens is 338 g/mol. The second-order valence-electron chi connectivity index (χ2n) is 7.04. The quantitative estimate of drug-likeness (QED) is 0.738. The fraction of sp³-hybridized carbons (Fsp3) is 0.238. The maximum Gasteiger partial charge on any atom is 0.226 e. The highest BCUT2D eigenvalue weighted by Crippen LogP contribution is 2.36. The number of amides is 1. The Morgan fingerprint density at radius 2 is 2.00 bits per heavy atom. The summed E-state index contributed by atoms with van der Waals surface area (Å²) in [4.78, 5) is 14.6. The molecule has 2 aliphatic rings. The summed E-state index contributed by atoms with van der Waals surface area (Å²) in [6.07, 6.45) is 4.24. The van der Waals surface area contributed by atoms with Gasteiger partial charge in [0.15, 0.2) is 0 Å². The van der Waals surface area contributed by atoms with Gasteiger partial charge in [-0.1, -0.05) is 18.2 Å². The first-order valence-corrected chi connectivity index (χ1v) is 9.30. The molecule has 2 N–H and O–H groups in total. The summed E-state index contributed by atoms with van der Waals surface area (Å²) < 4.78 is 1.86. The molecule has 3 heterocycles. The maximum absolute atomic E-state index is 12.3. The Labute approximate surface area is 157 Å². The molecule has 5 rings (SSSR count). The van der Waals surface area contributed by atoms with Crippen molar-refractivity contribution in [3.63, 3.8) is 0 Å². The van der Waals surface area contributed by atoms with Crippen LogP contribution in [0.2, 0.25) is 0 Å². The van der Waals surface area contributed by atoms with Crippen LogP contribution in [-0.2, 0) is 4.79 Å². The predicted molar refractivity (Wildman–Crippen MR) is 106 cm³/mol. The number of anilines is 2. The van der Waals surface area contributed by atoms with E-state index in [2.05, 4.69) is 44.9 Å². The Kier molecular flexibility index (Phi) is 3.90. The van der Waals surface area contributed by atoms with Gasteiger partial charge in [0.05, 0.1) is 23.1 Å². The van der Waals surface area contributed by atoms with Crippen LogP contribution >= 0.6 is 0 Å². The van der Waals surface area contributed by atoms with Crippen molar-refractivity contribution in [3.05, 3.63) is 60.9 Å². The van der Waals surface area contributed by atoms with E-state index in [0.29, 0.717) is 6.42 Å². The Bertz CT molecular complexity index is 982. The lowest BCUT2D eigenvalue weighted by molar-refractivity contribution is -0.116. The molecule has 0 aliphatic carbocycles. The molecule has 27 heavy (non-hydrogen) atoms. The molecule has 1 saturated heterocycles. The predicted octanol–water partition coefficient (Wildman–Crippen LogP) is 2.66. The zero-order valence-corrected chi connectivity index (χ0v) is 14.9. The van der Waals surface area contributed by atoms with Gasteiger partial charge in [0, 0.05) is 38.4 Å². The van der Waals surface area contributed by atoms with Crippen molar-refractivity contribution in [1.29, 1.82) is 0 Å². The highest BCUT2D eigenvalue weighted by Gasteiger charge is 2.30. The standard InChI is InChI=1S/C21H21N5O/c27-21-13-18-14-22-8-10-25(18)20-12-16(5-6-19(20)24-21)15-3-1-4-17(11-15)26-9-2-7-23-26/h1-7,9,11-12,18,22H,8,10,13-14H2,(H,24,27). The lowest BCUT2D eigenvalue weighted by atomic mass is 10.0. The number of fused-ring (bicyclic) bond motifs is 3. The summed E-state index contributed by atoms with van der Waals surface area (Å²) in [5.74, 6) is 0.0841. The Morgan fingerprint density at radius 3 is 2.89 bits per heavy atom. The molecule has 0 bridgehead atoms. The lowest BCUT2D eigenvalue weighted by Gasteiger charge is -2.36. The maximum atomic E-state index is 12.3. The van der Waals surface area contributed by atoms with Gasteiger partial charge >= 0.3 is 0 Å². The van der Waals surface area contributed by atoms with E-state index in [1.165, 1.54) is 0 Å². The van der Waals surface area contributed by atoms with Crippen molar-refractivity contribution in [2.24, 2.45) is 0 Å². The fourth-order valence-electron chi connectivity index (χ4n) is 3.98. The first kappa shape index (κ1) is 16.1. The minimum Gasteiger partial charge on any atom is -0.364 e. The minimum absolute atomic E-state index is 0.0841. The number of benzene rings is 2. The van der Waals surface area contributed by atoms with Crippen LogP contribution < -0.4 is 15.5 Å². The van der Waals surface area contributed by atoms with Crippen LogP contribution in [0.4, 0.5) is 11.4 Å². The van der Waals surface area contributed by atoms with E-state index in [9.17, 15) is 4.79 Å².